The average Bonchev–Trinajstić information content (AvgIpc) is 2.83. The molecule has 0 radical (unpaired) electrons. The van der Waals surface area contributed by atoms with Crippen LogP contribution in [0.4, 0.5) is 5.69 Å². The van der Waals surface area contributed by atoms with Crippen LogP contribution in [0.3, 0.4) is 0 Å². The molecule has 34 heavy (non-hydrogen) atoms. The third kappa shape index (κ3) is 5.14. The fourth-order valence-electron chi connectivity index (χ4n) is 3.29. The third-order valence-corrected chi connectivity index (χ3v) is 6.31. The van der Waals surface area contributed by atoms with Gasteiger partial charge in [0.1, 0.15) is 0 Å². The molecule has 0 aliphatic rings. The highest BCUT2D eigenvalue weighted by molar-refractivity contribution is 7.99. The van der Waals surface area contributed by atoms with Gasteiger partial charge in [0.05, 0.1) is 36.6 Å². The lowest BCUT2D eigenvalue weighted by Crippen LogP contribution is -2.23. The van der Waals surface area contributed by atoms with Gasteiger partial charge in [-0.25, -0.2) is 4.98 Å². The molecular weight excluding hydrogens is 497 g/mol. The number of anilines is 1. The molecule has 0 saturated carbocycles. The largest absolute Gasteiger partial charge is 0.493 e. The number of benzene rings is 3. The number of methoxy groups -OCH3 is 2. The fraction of sp³-hybridized carbons (Fsp3) is 0.125. The van der Waals surface area contributed by atoms with Gasteiger partial charge in [-0.2, -0.15) is 0 Å². The van der Waals surface area contributed by atoms with Crippen molar-refractivity contribution in [2.75, 3.05) is 25.3 Å². The van der Waals surface area contributed by atoms with Crippen LogP contribution in [0.5, 0.6) is 11.5 Å². The molecule has 0 bridgehead atoms. The summed E-state index contributed by atoms with van der Waals surface area (Å²) in [5, 5.41) is 4.59. The molecule has 174 valence electrons. The quantitative estimate of drug-likeness (QED) is 0.260. The number of halogens is 2. The molecule has 0 unspecified atom stereocenters. The van der Waals surface area contributed by atoms with Gasteiger partial charge in [-0.15, -0.1) is 0 Å². The third-order valence-electron chi connectivity index (χ3n) is 4.89. The minimum atomic E-state index is -0.277. The Morgan fingerprint density at radius 2 is 1.68 bits per heavy atom. The van der Waals surface area contributed by atoms with Gasteiger partial charge >= 0.3 is 0 Å². The predicted octanol–water partition coefficient (Wildman–Crippen LogP) is 5.44. The minimum Gasteiger partial charge on any atom is -0.493 e. The molecule has 10 heteroatoms. The van der Waals surface area contributed by atoms with E-state index >= 15 is 0 Å². The van der Waals surface area contributed by atoms with Crippen LogP contribution >= 0.6 is 35.0 Å². The molecule has 0 saturated heterocycles. The van der Waals surface area contributed by atoms with Gasteiger partial charge in [-0.1, -0.05) is 35.0 Å². The summed E-state index contributed by atoms with van der Waals surface area (Å²) >= 11 is 13.3. The lowest BCUT2D eigenvalue weighted by molar-refractivity contribution is -0.113. The van der Waals surface area contributed by atoms with Crippen molar-refractivity contribution in [1.82, 2.24) is 9.55 Å². The second-order valence-corrected chi connectivity index (χ2v) is 8.89. The summed E-state index contributed by atoms with van der Waals surface area (Å²) in [4.78, 5) is 30.6. The Morgan fingerprint density at radius 3 is 2.38 bits per heavy atom. The van der Waals surface area contributed by atoms with Gasteiger partial charge in [0.25, 0.3) is 5.56 Å². The van der Waals surface area contributed by atoms with Gasteiger partial charge in [0.15, 0.2) is 16.7 Å². The molecule has 1 amide bonds. The summed E-state index contributed by atoms with van der Waals surface area (Å²) in [6.45, 7) is 0. The number of amides is 1. The number of carbonyl (C=O) groups is 1. The molecule has 3 aromatic carbocycles. The normalized spacial score (nSPS) is 10.8. The second-order valence-electron chi connectivity index (χ2n) is 7.08. The molecule has 1 aromatic heterocycles. The van der Waals surface area contributed by atoms with Crippen molar-refractivity contribution in [1.29, 1.82) is 0 Å². The van der Waals surface area contributed by atoms with E-state index in [1.807, 2.05) is 0 Å². The average molecular weight is 516 g/mol. The molecule has 0 spiro atoms. The number of hydrogen-bond donors (Lipinski definition) is 1. The topological polar surface area (TPSA) is 82.5 Å². The molecule has 0 atom stereocenters. The van der Waals surface area contributed by atoms with Crippen molar-refractivity contribution in [2.45, 2.75) is 5.16 Å². The van der Waals surface area contributed by atoms with Crippen LogP contribution in [-0.2, 0) is 4.79 Å². The van der Waals surface area contributed by atoms with Crippen LogP contribution in [0.2, 0.25) is 10.0 Å². The maximum atomic E-state index is 13.3. The van der Waals surface area contributed by atoms with E-state index in [1.165, 1.54) is 18.8 Å². The summed E-state index contributed by atoms with van der Waals surface area (Å²) in [6.07, 6.45) is 0. The molecular formula is C24H19Cl2N3O4S. The lowest BCUT2D eigenvalue weighted by Gasteiger charge is -2.14. The maximum absolute atomic E-state index is 13.3. The Hall–Kier alpha value is -3.20. The molecule has 0 fully saturated rings. The molecule has 0 aliphatic heterocycles. The van der Waals surface area contributed by atoms with Crippen LogP contribution < -0.4 is 20.3 Å². The molecule has 0 aliphatic carbocycles. The SMILES string of the molecule is COc1ccc(NC(=O)CSc2nc3cc(Cl)ccc3c(=O)n2-c2ccc(Cl)cc2)cc1OC. The van der Waals surface area contributed by atoms with Crippen LogP contribution in [-0.4, -0.2) is 35.4 Å². The Balaban J connectivity index is 1.64. The number of nitrogens with zero attached hydrogens (tertiary/aromatic N) is 2. The van der Waals surface area contributed by atoms with Crippen LogP contribution in [0.15, 0.2) is 70.6 Å². The zero-order valence-electron chi connectivity index (χ0n) is 18.2. The molecule has 1 heterocycles. The highest BCUT2D eigenvalue weighted by Gasteiger charge is 2.16. The summed E-state index contributed by atoms with van der Waals surface area (Å²) in [5.74, 6) is 0.791. The van der Waals surface area contributed by atoms with Crippen molar-refractivity contribution >= 4 is 57.5 Å². The van der Waals surface area contributed by atoms with E-state index in [0.717, 1.165) is 11.8 Å². The molecule has 4 aromatic rings. The summed E-state index contributed by atoms with van der Waals surface area (Å²) in [7, 11) is 3.06. The van der Waals surface area contributed by atoms with Gasteiger partial charge in [0.2, 0.25) is 5.91 Å². The van der Waals surface area contributed by atoms with Crippen LogP contribution in [0, 0.1) is 0 Å². The summed E-state index contributed by atoms with van der Waals surface area (Å²) in [5.41, 5.74) is 1.32. The molecule has 7 nitrogen and oxygen atoms in total. The van der Waals surface area contributed by atoms with Crippen molar-refractivity contribution in [2.24, 2.45) is 0 Å². The first kappa shape index (κ1) is 23.9. The second kappa shape index (κ2) is 10.4. The smallest absolute Gasteiger partial charge is 0.266 e. The van der Waals surface area contributed by atoms with Crippen LogP contribution in [0.1, 0.15) is 0 Å². The minimum absolute atomic E-state index is 0.0143. The van der Waals surface area contributed by atoms with E-state index in [0.29, 0.717) is 49.0 Å². The van der Waals surface area contributed by atoms with Crippen molar-refractivity contribution in [3.8, 4) is 17.2 Å². The van der Waals surface area contributed by atoms with Crippen molar-refractivity contribution < 1.29 is 14.3 Å². The maximum Gasteiger partial charge on any atom is 0.266 e. The van der Waals surface area contributed by atoms with Crippen molar-refractivity contribution in [3.05, 3.63) is 81.1 Å². The number of ether oxygens (including phenoxy) is 2. The number of thioether (sulfide) groups is 1. The summed E-state index contributed by atoms with van der Waals surface area (Å²) in [6, 6.07) is 16.8. The van der Waals surface area contributed by atoms with E-state index in [2.05, 4.69) is 10.3 Å². The number of fused-ring (bicyclic) bond motifs is 1. The Bertz CT molecular complexity index is 1420. The number of carbonyl (C=O) groups excluding carboxylic acids is 1. The monoisotopic (exact) mass is 515 g/mol. The Morgan fingerprint density at radius 1 is 0.971 bits per heavy atom. The number of rotatable bonds is 7. The van der Waals surface area contributed by atoms with Gasteiger partial charge < -0.3 is 14.8 Å². The van der Waals surface area contributed by atoms with Gasteiger partial charge in [-0.3, -0.25) is 14.2 Å². The lowest BCUT2D eigenvalue weighted by atomic mass is 10.2. The Kier molecular flexibility index (Phi) is 7.31. The van der Waals surface area contributed by atoms with E-state index in [9.17, 15) is 9.59 Å². The van der Waals surface area contributed by atoms with Crippen LogP contribution in [0.25, 0.3) is 16.6 Å². The highest BCUT2D eigenvalue weighted by Crippen LogP contribution is 2.30. The first-order valence-electron chi connectivity index (χ1n) is 10.0. The standard InChI is InChI=1S/C24H19Cl2N3O4S/c1-32-20-10-6-16(12-21(20)33-2)27-22(30)13-34-24-28-19-11-15(26)5-9-18(19)23(31)29(24)17-7-3-14(25)4-8-17/h3-12H,13H2,1-2H3,(H,27,30). The molecule has 1 N–H and O–H groups in total. The van der Waals surface area contributed by atoms with E-state index in [4.69, 9.17) is 32.7 Å². The van der Waals surface area contributed by atoms with Gasteiger partial charge in [-0.05, 0) is 54.6 Å². The number of aromatic nitrogens is 2. The first-order valence-corrected chi connectivity index (χ1v) is 11.8. The number of nitrogens with one attached hydrogen (secondary N) is 1. The number of hydrogen-bond acceptors (Lipinski definition) is 6. The van der Waals surface area contributed by atoms with E-state index in [-0.39, 0.29) is 17.2 Å². The van der Waals surface area contributed by atoms with E-state index < -0.39 is 0 Å². The summed E-state index contributed by atoms with van der Waals surface area (Å²) < 4.78 is 12.0. The predicted molar refractivity (Wildman–Crippen MR) is 136 cm³/mol. The Labute approximate surface area is 209 Å². The van der Waals surface area contributed by atoms with Crippen molar-refractivity contribution in [3.63, 3.8) is 0 Å². The first-order chi connectivity index (χ1) is 16.4. The zero-order valence-corrected chi connectivity index (χ0v) is 20.5. The van der Waals surface area contributed by atoms with E-state index in [1.54, 1.807) is 60.7 Å². The zero-order chi connectivity index (χ0) is 24.2. The van der Waals surface area contributed by atoms with Gasteiger partial charge in [0, 0.05) is 21.8 Å². The highest BCUT2D eigenvalue weighted by atomic mass is 35.5. The molecule has 4 rings (SSSR count). The fourth-order valence-corrected chi connectivity index (χ4v) is 4.40.